The summed E-state index contributed by atoms with van der Waals surface area (Å²) < 4.78 is 33.4. The molecule has 0 aliphatic carbocycles. The van der Waals surface area contributed by atoms with Crippen molar-refractivity contribution in [3.8, 4) is 11.6 Å². The van der Waals surface area contributed by atoms with E-state index in [4.69, 9.17) is 9.84 Å². The van der Waals surface area contributed by atoms with Crippen LogP contribution < -0.4 is 10.3 Å². The summed E-state index contributed by atoms with van der Waals surface area (Å²) >= 11 is 3.14. The van der Waals surface area contributed by atoms with Gasteiger partial charge in [-0.2, -0.15) is 4.98 Å². The molecule has 3 rings (SSSR count). The van der Waals surface area contributed by atoms with Gasteiger partial charge in [0.25, 0.3) is 5.56 Å². The number of halogens is 3. The Morgan fingerprint density at radius 2 is 1.89 bits per heavy atom. The lowest BCUT2D eigenvalue weighted by Crippen LogP contribution is -2.24. The average molecular weight is 451 g/mol. The highest BCUT2D eigenvalue weighted by molar-refractivity contribution is 9.10. The number of rotatable bonds is 5. The maximum absolute atomic E-state index is 13.7. The van der Waals surface area contributed by atoms with Gasteiger partial charge >= 0.3 is 5.97 Å². The molecular formula is C19H13BrF2N2O4. The Balaban J connectivity index is 1.91. The van der Waals surface area contributed by atoms with Gasteiger partial charge in [0.2, 0.25) is 5.88 Å². The van der Waals surface area contributed by atoms with E-state index < -0.39 is 23.2 Å². The van der Waals surface area contributed by atoms with E-state index in [2.05, 4.69) is 20.9 Å². The lowest BCUT2D eigenvalue weighted by molar-refractivity contribution is 0.0697. The number of aryl methyl sites for hydroxylation is 1. The van der Waals surface area contributed by atoms with E-state index >= 15 is 0 Å². The van der Waals surface area contributed by atoms with E-state index in [1.54, 1.807) is 6.92 Å². The third kappa shape index (κ3) is 3.94. The smallest absolute Gasteiger partial charge is 0.335 e. The van der Waals surface area contributed by atoms with Crippen molar-refractivity contribution in [1.82, 2.24) is 9.55 Å². The zero-order valence-corrected chi connectivity index (χ0v) is 16.0. The quantitative estimate of drug-likeness (QED) is 0.638. The number of aromatic nitrogens is 2. The minimum absolute atomic E-state index is 0.0166. The molecule has 0 bridgehead atoms. The maximum Gasteiger partial charge on any atom is 0.335 e. The molecule has 0 saturated carbocycles. The summed E-state index contributed by atoms with van der Waals surface area (Å²) in [6, 6.07) is 8.81. The third-order valence-corrected chi connectivity index (χ3v) is 4.60. The van der Waals surface area contributed by atoms with Crippen molar-refractivity contribution in [2.24, 2.45) is 0 Å². The molecule has 0 saturated heterocycles. The Bertz CT molecular complexity index is 1110. The van der Waals surface area contributed by atoms with Crippen LogP contribution in [0.25, 0.3) is 5.69 Å². The number of nitrogens with zero attached hydrogens (tertiary/aromatic N) is 2. The number of benzene rings is 2. The van der Waals surface area contributed by atoms with Gasteiger partial charge in [0.15, 0.2) is 0 Å². The topological polar surface area (TPSA) is 81.4 Å². The molecular weight excluding hydrogens is 438 g/mol. The second kappa shape index (κ2) is 7.89. The number of ether oxygens (including phenoxy) is 1. The predicted molar refractivity (Wildman–Crippen MR) is 99.9 cm³/mol. The highest BCUT2D eigenvalue weighted by Gasteiger charge is 2.16. The number of carboxylic acid groups (broad SMARTS) is 1. The van der Waals surface area contributed by atoms with Crippen LogP contribution in [-0.4, -0.2) is 20.6 Å². The molecule has 2 aromatic carbocycles. The molecule has 0 aliphatic heterocycles. The second-order valence-electron chi connectivity index (χ2n) is 5.80. The number of aromatic carboxylic acids is 1. The van der Waals surface area contributed by atoms with Gasteiger partial charge in [0, 0.05) is 11.6 Å². The zero-order valence-electron chi connectivity index (χ0n) is 14.4. The molecule has 0 unspecified atom stereocenters. The summed E-state index contributed by atoms with van der Waals surface area (Å²) in [6.45, 7) is 1.33. The highest BCUT2D eigenvalue weighted by atomic mass is 79.9. The van der Waals surface area contributed by atoms with Crippen molar-refractivity contribution in [3.05, 3.63) is 85.9 Å². The minimum Gasteiger partial charge on any atom is -0.478 e. The number of hydrogen-bond donors (Lipinski definition) is 1. The van der Waals surface area contributed by atoms with Crippen LogP contribution >= 0.6 is 15.9 Å². The fourth-order valence-corrected chi connectivity index (χ4v) is 2.90. The predicted octanol–water partition coefficient (Wildman–Crippen LogP) is 3.86. The largest absolute Gasteiger partial charge is 0.478 e. The Morgan fingerprint density at radius 3 is 2.50 bits per heavy atom. The van der Waals surface area contributed by atoms with Crippen molar-refractivity contribution in [3.63, 3.8) is 0 Å². The number of carbonyl (C=O) groups is 1. The monoisotopic (exact) mass is 450 g/mol. The molecule has 3 aromatic rings. The molecule has 1 aromatic heterocycles. The first-order valence-corrected chi connectivity index (χ1v) is 8.77. The van der Waals surface area contributed by atoms with Crippen LogP contribution in [-0.2, 0) is 6.61 Å². The normalized spacial score (nSPS) is 10.7. The third-order valence-electron chi connectivity index (χ3n) is 3.92. The molecule has 9 heteroatoms. The van der Waals surface area contributed by atoms with Gasteiger partial charge in [-0.15, -0.1) is 0 Å². The van der Waals surface area contributed by atoms with Gasteiger partial charge in [-0.3, -0.25) is 9.36 Å². The SMILES string of the molecule is Cc1nc(OCc2ccc(F)cc2F)c(Br)c(=O)n1-c1ccc(C(=O)O)cc1. The van der Waals surface area contributed by atoms with Crippen LogP contribution in [0.3, 0.4) is 0 Å². The van der Waals surface area contributed by atoms with E-state index in [1.165, 1.54) is 34.9 Å². The Labute approximate surface area is 166 Å². The number of hydrogen-bond acceptors (Lipinski definition) is 4. The molecule has 1 heterocycles. The van der Waals surface area contributed by atoms with Crippen LogP contribution in [0.1, 0.15) is 21.7 Å². The van der Waals surface area contributed by atoms with E-state index in [1.807, 2.05) is 0 Å². The van der Waals surface area contributed by atoms with Crippen molar-refractivity contribution in [1.29, 1.82) is 0 Å². The van der Waals surface area contributed by atoms with Crippen LogP contribution in [0.5, 0.6) is 5.88 Å². The fraction of sp³-hybridized carbons (Fsp3) is 0.105. The molecule has 0 fully saturated rings. The molecule has 1 N–H and O–H groups in total. The first kappa shape index (κ1) is 19.7. The van der Waals surface area contributed by atoms with Gasteiger partial charge in [-0.05, 0) is 59.3 Å². The van der Waals surface area contributed by atoms with Crippen LogP contribution in [0.15, 0.2) is 51.7 Å². The van der Waals surface area contributed by atoms with Crippen LogP contribution in [0.2, 0.25) is 0 Å². The molecule has 6 nitrogen and oxygen atoms in total. The number of carboxylic acids is 1. The Kier molecular flexibility index (Phi) is 5.55. The lowest BCUT2D eigenvalue weighted by atomic mass is 10.2. The molecule has 28 heavy (non-hydrogen) atoms. The average Bonchev–Trinajstić information content (AvgIpc) is 2.65. The maximum atomic E-state index is 13.7. The highest BCUT2D eigenvalue weighted by Crippen LogP contribution is 2.22. The van der Waals surface area contributed by atoms with Gasteiger partial charge in [-0.25, -0.2) is 13.6 Å². The molecule has 0 atom stereocenters. The second-order valence-corrected chi connectivity index (χ2v) is 6.59. The molecule has 0 amide bonds. The summed E-state index contributed by atoms with van der Waals surface area (Å²) in [5.74, 6) is -2.30. The zero-order chi connectivity index (χ0) is 20.4. The Morgan fingerprint density at radius 1 is 1.21 bits per heavy atom. The van der Waals surface area contributed by atoms with Crippen LogP contribution in [0.4, 0.5) is 8.78 Å². The molecule has 144 valence electrons. The molecule has 0 aliphatic rings. The van der Waals surface area contributed by atoms with E-state index in [0.717, 1.165) is 12.1 Å². The fourth-order valence-electron chi connectivity index (χ4n) is 2.52. The van der Waals surface area contributed by atoms with E-state index in [9.17, 15) is 18.4 Å². The summed E-state index contributed by atoms with van der Waals surface area (Å²) in [5.41, 5.74) is 0.144. The summed E-state index contributed by atoms with van der Waals surface area (Å²) in [6.07, 6.45) is 0. The molecule has 0 radical (unpaired) electrons. The van der Waals surface area contributed by atoms with Crippen LogP contribution in [0, 0.1) is 18.6 Å². The van der Waals surface area contributed by atoms with Crippen molar-refractivity contribution >= 4 is 21.9 Å². The first-order valence-electron chi connectivity index (χ1n) is 7.97. The van der Waals surface area contributed by atoms with Gasteiger partial charge in [-0.1, -0.05) is 0 Å². The van der Waals surface area contributed by atoms with Crippen molar-refractivity contribution < 1.29 is 23.4 Å². The Hall–Kier alpha value is -3.07. The van der Waals surface area contributed by atoms with Crippen molar-refractivity contribution in [2.45, 2.75) is 13.5 Å². The van der Waals surface area contributed by atoms with Gasteiger partial charge in [0.1, 0.15) is 28.5 Å². The molecule has 0 spiro atoms. The van der Waals surface area contributed by atoms with E-state index in [-0.39, 0.29) is 33.9 Å². The van der Waals surface area contributed by atoms with Gasteiger partial charge in [0.05, 0.1) is 11.3 Å². The minimum atomic E-state index is -1.08. The van der Waals surface area contributed by atoms with Crippen molar-refractivity contribution in [2.75, 3.05) is 0 Å². The summed E-state index contributed by atoms with van der Waals surface area (Å²) in [7, 11) is 0. The van der Waals surface area contributed by atoms with Gasteiger partial charge < -0.3 is 9.84 Å². The lowest BCUT2D eigenvalue weighted by Gasteiger charge is -2.14. The first-order chi connectivity index (χ1) is 13.3. The summed E-state index contributed by atoms with van der Waals surface area (Å²) in [5, 5.41) is 8.97. The standard InChI is InChI=1S/C19H13BrF2N2O4/c1-10-23-17(28-9-12-2-5-13(21)8-15(12)22)16(20)18(25)24(10)14-6-3-11(4-7-14)19(26)27/h2-8H,9H2,1H3,(H,26,27). The summed E-state index contributed by atoms with van der Waals surface area (Å²) in [4.78, 5) is 27.9. The van der Waals surface area contributed by atoms with E-state index in [0.29, 0.717) is 5.69 Å².